The Morgan fingerprint density at radius 3 is 2.61 bits per heavy atom. The zero-order valence-corrected chi connectivity index (χ0v) is 9.75. The molecular formula is C13H12O5. The number of rotatable bonds is 1. The van der Waals surface area contributed by atoms with Gasteiger partial charge in [0.2, 0.25) is 5.78 Å². The molecule has 0 aromatic rings. The number of esters is 1. The van der Waals surface area contributed by atoms with E-state index in [9.17, 15) is 19.5 Å². The van der Waals surface area contributed by atoms with Crippen molar-refractivity contribution in [2.75, 3.05) is 0 Å². The molecule has 1 heterocycles. The van der Waals surface area contributed by atoms with Crippen LogP contribution in [0.25, 0.3) is 0 Å². The summed E-state index contributed by atoms with van der Waals surface area (Å²) in [6.45, 7) is 5.04. The third-order valence-electron chi connectivity index (χ3n) is 3.28. The van der Waals surface area contributed by atoms with E-state index in [0.717, 1.165) is 0 Å². The Hall–Kier alpha value is -2.01. The van der Waals surface area contributed by atoms with Gasteiger partial charge in [-0.25, -0.2) is 0 Å². The highest BCUT2D eigenvalue weighted by Crippen LogP contribution is 2.45. The van der Waals surface area contributed by atoms with E-state index in [0.29, 0.717) is 0 Å². The number of allylic oxidation sites excluding steroid dienone is 4. The monoisotopic (exact) mass is 248 g/mol. The van der Waals surface area contributed by atoms with Crippen LogP contribution in [0.4, 0.5) is 0 Å². The number of hydrogen-bond acceptors (Lipinski definition) is 5. The van der Waals surface area contributed by atoms with Crippen molar-refractivity contribution in [1.29, 1.82) is 0 Å². The first kappa shape index (κ1) is 12.4. The van der Waals surface area contributed by atoms with E-state index in [1.54, 1.807) is 19.1 Å². The van der Waals surface area contributed by atoms with Crippen LogP contribution < -0.4 is 0 Å². The molecular weight excluding hydrogens is 236 g/mol. The van der Waals surface area contributed by atoms with Gasteiger partial charge in [0.1, 0.15) is 6.10 Å². The van der Waals surface area contributed by atoms with E-state index < -0.39 is 35.0 Å². The zero-order chi connectivity index (χ0) is 13.5. The predicted octanol–water partition coefficient (Wildman–Crippen LogP) is 0.304. The third kappa shape index (κ3) is 1.34. The first-order chi connectivity index (χ1) is 8.46. The van der Waals surface area contributed by atoms with Crippen LogP contribution in [0, 0.1) is 11.3 Å². The summed E-state index contributed by atoms with van der Waals surface area (Å²) < 4.78 is 4.70. The molecule has 1 aliphatic heterocycles. The molecule has 5 nitrogen and oxygen atoms in total. The molecule has 0 amide bonds. The van der Waals surface area contributed by atoms with Crippen LogP contribution in [0.5, 0.6) is 0 Å². The molecule has 1 fully saturated rings. The largest absolute Gasteiger partial charge is 0.422 e. The lowest BCUT2D eigenvalue weighted by Crippen LogP contribution is -2.54. The SMILES string of the molecule is C=C1OC(=O)[C@]2(C1=O)[C@H](O)C(=O)C=C[C@H]2/C=C/C. The number of carbonyl (C=O) groups excluding carboxylic acids is 3. The van der Waals surface area contributed by atoms with Crippen molar-refractivity contribution in [3.05, 3.63) is 36.6 Å². The second kappa shape index (κ2) is 4.03. The molecule has 18 heavy (non-hydrogen) atoms. The molecule has 0 unspecified atom stereocenters. The summed E-state index contributed by atoms with van der Waals surface area (Å²) in [5.41, 5.74) is -1.91. The van der Waals surface area contributed by atoms with Gasteiger partial charge in [-0.05, 0) is 13.0 Å². The fourth-order valence-electron chi connectivity index (χ4n) is 2.36. The molecule has 0 aromatic heterocycles. The lowest BCUT2D eigenvalue weighted by Gasteiger charge is -2.34. The van der Waals surface area contributed by atoms with Gasteiger partial charge in [-0.15, -0.1) is 0 Å². The molecule has 1 N–H and O–H groups in total. The van der Waals surface area contributed by atoms with E-state index >= 15 is 0 Å². The van der Waals surface area contributed by atoms with Crippen LogP contribution >= 0.6 is 0 Å². The number of ether oxygens (including phenoxy) is 1. The van der Waals surface area contributed by atoms with Crippen molar-refractivity contribution in [3.63, 3.8) is 0 Å². The van der Waals surface area contributed by atoms with E-state index in [2.05, 4.69) is 6.58 Å². The summed E-state index contributed by atoms with van der Waals surface area (Å²) >= 11 is 0. The fourth-order valence-corrected chi connectivity index (χ4v) is 2.36. The molecule has 94 valence electrons. The molecule has 0 radical (unpaired) electrons. The second-order valence-corrected chi connectivity index (χ2v) is 4.23. The highest BCUT2D eigenvalue weighted by Gasteiger charge is 2.65. The van der Waals surface area contributed by atoms with Crippen molar-refractivity contribution in [1.82, 2.24) is 0 Å². The molecule has 0 bridgehead atoms. The maximum Gasteiger partial charge on any atom is 0.329 e. The molecule has 1 aliphatic carbocycles. The Morgan fingerprint density at radius 2 is 2.11 bits per heavy atom. The maximum atomic E-state index is 12.1. The van der Waals surface area contributed by atoms with E-state index in [1.165, 1.54) is 12.2 Å². The number of ketones is 2. The molecule has 1 saturated heterocycles. The van der Waals surface area contributed by atoms with Crippen LogP contribution in [0.1, 0.15) is 6.92 Å². The van der Waals surface area contributed by atoms with Gasteiger partial charge in [0.25, 0.3) is 0 Å². The molecule has 0 aromatic carbocycles. The van der Waals surface area contributed by atoms with Crippen molar-refractivity contribution in [2.45, 2.75) is 13.0 Å². The summed E-state index contributed by atoms with van der Waals surface area (Å²) in [5, 5.41) is 9.99. The normalized spacial score (nSPS) is 35.9. The Balaban J connectivity index is 2.65. The smallest absolute Gasteiger partial charge is 0.329 e. The number of hydrogen-bond donors (Lipinski definition) is 1. The Kier molecular flexibility index (Phi) is 2.78. The minimum absolute atomic E-state index is 0.336. The highest BCUT2D eigenvalue weighted by molar-refractivity contribution is 6.21. The van der Waals surface area contributed by atoms with Gasteiger partial charge in [0, 0.05) is 5.92 Å². The topological polar surface area (TPSA) is 80.7 Å². The van der Waals surface area contributed by atoms with E-state index in [1.807, 2.05) is 0 Å². The van der Waals surface area contributed by atoms with Crippen LogP contribution in [-0.4, -0.2) is 28.7 Å². The highest BCUT2D eigenvalue weighted by atomic mass is 16.6. The molecule has 1 spiro atoms. The molecule has 2 rings (SSSR count). The Morgan fingerprint density at radius 1 is 1.44 bits per heavy atom. The van der Waals surface area contributed by atoms with Crippen LogP contribution in [0.2, 0.25) is 0 Å². The Bertz CT molecular complexity index is 513. The number of Topliss-reactive ketones (excluding diaryl/α,β-unsaturated/α-hetero) is 1. The summed E-state index contributed by atoms with van der Waals surface area (Å²) in [6.07, 6.45) is 4.07. The molecule has 5 heteroatoms. The maximum absolute atomic E-state index is 12.1. The number of aliphatic hydroxyl groups is 1. The molecule has 3 atom stereocenters. The number of carbonyl (C=O) groups is 3. The minimum atomic E-state index is -1.91. The lowest BCUT2D eigenvalue weighted by molar-refractivity contribution is -0.160. The van der Waals surface area contributed by atoms with Crippen molar-refractivity contribution >= 4 is 17.5 Å². The quantitative estimate of drug-likeness (QED) is 0.312. The number of cyclic esters (lactones) is 1. The summed E-state index contributed by atoms with van der Waals surface area (Å²) in [6, 6.07) is 0. The van der Waals surface area contributed by atoms with Gasteiger partial charge in [-0.3, -0.25) is 14.4 Å². The van der Waals surface area contributed by atoms with Gasteiger partial charge in [-0.2, -0.15) is 0 Å². The zero-order valence-electron chi connectivity index (χ0n) is 9.75. The first-order valence-corrected chi connectivity index (χ1v) is 5.45. The second-order valence-electron chi connectivity index (χ2n) is 4.23. The van der Waals surface area contributed by atoms with Gasteiger partial charge in [0.15, 0.2) is 17.0 Å². The van der Waals surface area contributed by atoms with Crippen molar-refractivity contribution in [3.8, 4) is 0 Å². The van der Waals surface area contributed by atoms with Gasteiger partial charge < -0.3 is 9.84 Å². The summed E-state index contributed by atoms with van der Waals surface area (Å²) in [5.74, 6) is -3.39. The van der Waals surface area contributed by atoms with E-state index in [-0.39, 0.29) is 5.76 Å². The molecule has 2 aliphatic rings. The third-order valence-corrected chi connectivity index (χ3v) is 3.28. The summed E-state index contributed by atoms with van der Waals surface area (Å²) in [7, 11) is 0. The van der Waals surface area contributed by atoms with E-state index in [4.69, 9.17) is 4.74 Å². The van der Waals surface area contributed by atoms with Gasteiger partial charge in [0.05, 0.1) is 0 Å². The average Bonchev–Trinajstić information content (AvgIpc) is 2.54. The molecule has 0 saturated carbocycles. The Labute approximate surface area is 103 Å². The van der Waals surface area contributed by atoms with Crippen LogP contribution in [-0.2, 0) is 19.1 Å². The van der Waals surface area contributed by atoms with Gasteiger partial charge in [-0.1, -0.05) is 24.8 Å². The van der Waals surface area contributed by atoms with Crippen LogP contribution in [0.3, 0.4) is 0 Å². The summed E-state index contributed by atoms with van der Waals surface area (Å²) in [4.78, 5) is 35.6. The minimum Gasteiger partial charge on any atom is -0.422 e. The predicted molar refractivity (Wildman–Crippen MR) is 61.1 cm³/mol. The van der Waals surface area contributed by atoms with Crippen LogP contribution in [0.15, 0.2) is 36.6 Å². The van der Waals surface area contributed by atoms with Crippen molar-refractivity contribution in [2.24, 2.45) is 11.3 Å². The van der Waals surface area contributed by atoms with Crippen molar-refractivity contribution < 1.29 is 24.2 Å². The fraction of sp³-hybridized carbons (Fsp3) is 0.308. The average molecular weight is 248 g/mol. The van der Waals surface area contributed by atoms with Gasteiger partial charge >= 0.3 is 5.97 Å². The number of aliphatic hydroxyl groups excluding tert-OH is 1. The first-order valence-electron chi connectivity index (χ1n) is 5.45. The standard InChI is InChI=1S/C13H12O5/c1-3-4-8-5-6-9(14)11(16)13(8)10(15)7(2)18-12(13)17/h3-6,8,11,16H,2H2,1H3/b4-3+/t8-,11-,13-/m1/s1. The lowest BCUT2D eigenvalue weighted by atomic mass is 9.65.